The van der Waals surface area contributed by atoms with Gasteiger partial charge in [0, 0.05) is 19.9 Å². The molecule has 1 aliphatic heterocycles. The monoisotopic (exact) mass is 447 g/mol. The molecule has 33 heavy (non-hydrogen) atoms. The molecule has 0 spiro atoms. The van der Waals surface area contributed by atoms with E-state index in [1.54, 1.807) is 38.5 Å². The zero-order chi connectivity index (χ0) is 23.8. The number of anilines is 1. The fourth-order valence-electron chi connectivity index (χ4n) is 4.87. The Balaban J connectivity index is 1.89. The molecule has 4 rings (SSSR count). The zero-order valence-corrected chi connectivity index (χ0v) is 19.9. The van der Waals surface area contributed by atoms with Gasteiger partial charge in [-0.15, -0.1) is 0 Å². The van der Waals surface area contributed by atoms with Crippen molar-refractivity contribution in [3.05, 3.63) is 89.5 Å². The highest BCUT2D eigenvalue weighted by atomic mass is 16.5. The van der Waals surface area contributed by atoms with Crippen LogP contribution >= 0.6 is 0 Å². The fraction of sp³-hybridized carbons (Fsp3) is 0.357. The molecule has 2 N–H and O–H groups in total. The first-order chi connectivity index (χ1) is 15.7. The Labute approximate surface area is 196 Å². The highest BCUT2D eigenvalue weighted by molar-refractivity contribution is 5.57. The Morgan fingerprint density at radius 1 is 0.636 bits per heavy atom. The molecule has 1 heterocycles. The summed E-state index contributed by atoms with van der Waals surface area (Å²) in [6.45, 7) is 6.62. The molecule has 174 valence electrons. The molecular weight excluding hydrogens is 414 g/mol. The molecule has 1 aliphatic rings. The molecule has 1 fully saturated rings. The van der Waals surface area contributed by atoms with E-state index in [1.807, 2.05) is 24.3 Å². The molecule has 3 aromatic carbocycles. The van der Waals surface area contributed by atoms with Crippen LogP contribution in [0.5, 0.6) is 11.5 Å². The minimum Gasteiger partial charge on any atom is -0.508 e. The van der Waals surface area contributed by atoms with Gasteiger partial charge in [0.1, 0.15) is 23.7 Å². The number of hydrogen-bond acceptors (Lipinski definition) is 5. The lowest BCUT2D eigenvalue weighted by Gasteiger charge is -2.34. The van der Waals surface area contributed by atoms with Crippen molar-refractivity contribution in [1.29, 1.82) is 0 Å². The third-order valence-electron chi connectivity index (χ3n) is 6.59. The van der Waals surface area contributed by atoms with E-state index >= 15 is 0 Å². The van der Waals surface area contributed by atoms with Crippen LogP contribution in [0.15, 0.2) is 72.8 Å². The summed E-state index contributed by atoms with van der Waals surface area (Å²) < 4.78 is 12.1. The largest absolute Gasteiger partial charge is 0.508 e. The summed E-state index contributed by atoms with van der Waals surface area (Å²) in [4.78, 5) is 2.34. The summed E-state index contributed by atoms with van der Waals surface area (Å²) in [5, 5.41) is 19.7. The van der Waals surface area contributed by atoms with Gasteiger partial charge in [-0.3, -0.25) is 0 Å². The first-order valence-corrected chi connectivity index (χ1v) is 11.3. The molecule has 1 saturated heterocycles. The number of methoxy groups -OCH3 is 2. The molecule has 3 aromatic rings. The highest BCUT2D eigenvalue weighted by Crippen LogP contribution is 2.49. The third kappa shape index (κ3) is 4.43. The van der Waals surface area contributed by atoms with Gasteiger partial charge < -0.3 is 24.6 Å². The molecule has 0 aromatic heterocycles. The Hall–Kier alpha value is -3.02. The predicted octanol–water partition coefficient (Wildman–Crippen LogP) is 5.73. The second kappa shape index (κ2) is 9.08. The second-order valence-corrected chi connectivity index (χ2v) is 9.68. The minimum atomic E-state index is -0.249. The van der Waals surface area contributed by atoms with Gasteiger partial charge in [0.05, 0.1) is 12.1 Å². The molecule has 1 unspecified atom stereocenters. The van der Waals surface area contributed by atoms with Gasteiger partial charge in [-0.1, -0.05) is 57.2 Å². The molecule has 0 amide bonds. The van der Waals surface area contributed by atoms with E-state index in [-0.39, 0.29) is 41.2 Å². The standard InChI is InChI=1S/C28H33NO4/c1-28(2,3)20-10-12-21(13-11-20)29-24(18-6-14-22(30)15-7-18)26(32-4)27(33-5)25(29)19-8-16-23(31)17-9-19/h6-17,24-27,30-31H,1-5H3/t24-,25?,26+,27+/m1/s1. The molecule has 0 radical (unpaired) electrons. The number of ether oxygens (including phenoxy) is 2. The lowest BCUT2D eigenvalue weighted by molar-refractivity contribution is -0.0288. The van der Waals surface area contributed by atoms with Crippen molar-refractivity contribution in [2.75, 3.05) is 19.1 Å². The van der Waals surface area contributed by atoms with Crippen molar-refractivity contribution in [1.82, 2.24) is 0 Å². The van der Waals surface area contributed by atoms with Crippen molar-refractivity contribution in [3.8, 4) is 11.5 Å². The van der Waals surface area contributed by atoms with E-state index in [0.29, 0.717) is 0 Å². The molecule has 0 saturated carbocycles. The van der Waals surface area contributed by atoms with Crippen LogP contribution in [0.25, 0.3) is 0 Å². The molecule has 0 bridgehead atoms. The summed E-state index contributed by atoms with van der Waals surface area (Å²) in [5.74, 6) is 0.454. The van der Waals surface area contributed by atoms with Crippen LogP contribution in [0.2, 0.25) is 0 Å². The van der Waals surface area contributed by atoms with Crippen molar-refractivity contribution in [2.24, 2.45) is 0 Å². The summed E-state index contributed by atoms with van der Waals surface area (Å²) in [7, 11) is 3.42. The SMILES string of the molecule is CO[C@H]1[C@@H](c2ccc(O)cc2)N(c2ccc(C(C)(C)C)cc2)C(c2ccc(O)cc2)[C@@H]1OC. The minimum absolute atomic E-state index is 0.0559. The normalized spacial score (nSPS) is 23.1. The molecule has 5 heteroatoms. The number of aromatic hydroxyl groups is 2. The maximum absolute atomic E-state index is 9.87. The number of phenols is 2. The van der Waals surface area contributed by atoms with E-state index in [0.717, 1.165) is 16.8 Å². The van der Waals surface area contributed by atoms with Crippen molar-refractivity contribution in [3.63, 3.8) is 0 Å². The first-order valence-electron chi connectivity index (χ1n) is 11.3. The van der Waals surface area contributed by atoms with E-state index < -0.39 is 0 Å². The van der Waals surface area contributed by atoms with Gasteiger partial charge in [0.25, 0.3) is 0 Å². The van der Waals surface area contributed by atoms with Crippen LogP contribution in [0.1, 0.15) is 49.5 Å². The van der Waals surface area contributed by atoms with Gasteiger partial charge in [-0.2, -0.15) is 0 Å². The summed E-state index contributed by atoms with van der Waals surface area (Å²) >= 11 is 0. The van der Waals surface area contributed by atoms with Crippen molar-refractivity contribution in [2.45, 2.75) is 50.5 Å². The Kier molecular flexibility index (Phi) is 6.37. The maximum atomic E-state index is 9.87. The lowest BCUT2D eigenvalue weighted by atomic mass is 9.87. The van der Waals surface area contributed by atoms with Crippen LogP contribution in [-0.4, -0.2) is 36.6 Å². The van der Waals surface area contributed by atoms with Crippen LogP contribution in [-0.2, 0) is 14.9 Å². The predicted molar refractivity (Wildman–Crippen MR) is 131 cm³/mol. The first kappa shape index (κ1) is 23.1. The number of nitrogens with zero attached hydrogens (tertiary/aromatic N) is 1. The van der Waals surface area contributed by atoms with Crippen LogP contribution in [0.3, 0.4) is 0 Å². The summed E-state index contributed by atoms with van der Waals surface area (Å²) in [6.07, 6.45) is -0.499. The Bertz CT molecular complexity index is 996. The molecule has 0 aliphatic carbocycles. The van der Waals surface area contributed by atoms with Crippen LogP contribution < -0.4 is 4.90 Å². The van der Waals surface area contributed by atoms with Crippen molar-refractivity contribution >= 4 is 5.69 Å². The van der Waals surface area contributed by atoms with Gasteiger partial charge in [0.2, 0.25) is 0 Å². The second-order valence-electron chi connectivity index (χ2n) is 9.68. The Morgan fingerprint density at radius 3 is 1.36 bits per heavy atom. The van der Waals surface area contributed by atoms with Crippen LogP contribution in [0.4, 0.5) is 5.69 Å². The van der Waals surface area contributed by atoms with Gasteiger partial charge >= 0.3 is 0 Å². The van der Waals surface area contributed by atoms with Crippen molar-refractivity contribution < 1.29 is 19.7 Å². The third-order valence-corrected chi connectivity index (χ3v) is 6.59. The van der Waals surface area contributed by atoms with E-state index in [9.17, 15) is 10.2 Å². The smallest absolute Gasteiger partial charge is 0.115 e. The summed E-state index contributed by atoms with van der Waals surface area (Å²) in [6, 6.07) is 23.0. The maximum Gasteiger partial charge on any atom is 0.115 e. The lowest BCUT2D eigenvalue weighted by Crippen LogP contribution is -2.31. The quantitative estimate of drug-likeness (QED) is 0.523. The molecule has 4 atom stereocenters. The average Bonchev–Trinajstić information content (AvgIpc) is 3.14. The highest BCUT2D eigenvalue weighted by Gasteiger charge is 2.51. The number of hydrogen-bond donors (Lipinski definition) is 2. The molecule has 5 nitrogen and oxygen atoms in total. The van der Waals surface area contributed by atoms with Gasteiger partial charge in [0.15, 0.2) is 0 Å². The van der Waals surface area contributed by atoms with Crippen LogP contribution in [0, 0.1) is 0 Å². The average molecular weight is 448 g/mol. The van der Waals surface area contributed by atoms with Gasteiger partial charge in [-0.05, 0) is 58.5 Å². The summed E-state index contributed by atoms with van der Waals surface area (Å²) in [5.41, 5.74) is 4.44. The zero-order valence-electron chi connectivity index (χ0n) is 19.9. The van der Waals surface area contributed by atoms with Gasteiger partial charge in [-0.25, -0.2) is 0 Å². The van der Waals surface area contributed by atoms with E-state index in [2.05, 4.69) is 49.9 Å². The van der Waals surface area contributed by atoms with E-state index in [1.165, 1.54) is 5.56 Å². The van der Waals surface area contributed by atoms with E-state index in [4.69, 9.17) is 9.47 Å². The molecular formula is C28H33NO4. The number of rotatable bonds is 5. The number of phenolic OH excluding ortho intramolecular Hbond substituents is 2. The Morgan fingerprint density at radius 2 is 1.03 bits per heavy atom. The fourth-order valence-corrected chi connectivity index (χ4v) is 4.87. The topological polar surface area (TPSA) is 62.2 Å². The number of benzene rings is 3.